The topological polar surface area (TPSA) is 29.3 Å². The fourth-order valence-corrected chi connectivity index (χ4v) is 1.95. The van der Waals surface area contributed by atoms with Gasteiger partial charge in [0.2, 0.25) is 0 Å². The second-order valence-corrected chi connectivity index (χ2v) is 4.28. The predicted octanol–water partition coefficient (Wildman–Crippen LogP) is 1.85. The standard InChI is InChI=1S/C11H24N2/c1-2-3-4-5-6-7-13-9-11(8-12)10-13/h11H,2-10,12H2,1H3. The summed E-state index contributed by atoms with van der Waals surface area (Å²) >= 11 is 0. The summed E-state index contributed by atoms with van der Waals surface area (Å²) in [5.41, 5.74) is 5.56. The van der Waals surface area contributed by atoms with E-state index >= 15 is 0 Å². The van der Waals surface area contributed by atoms with E-state index in [0.717, 1.165) is 12.5 Å². The molecule has 0 saturated carbocycles. The quantitative estimate of drug-likeness (QED) is 0.612. The molecular weight excluding hydrogens is 160 g/mol. The summed E-state index contributed by atoms with van der Waals surface area (Å²) in [7, 11) is 0. The Morgan fingerprint density at radius 3 is 2.46 bits per heavy atom. The molecule has 1 fully saturated rings. The molecule has 13 heavy (non-hydrogen) atoms. The van der Waals surface area contributed by atoms with E-state index in [1.807, 2.05) is 0 Å². The first-order valence-electron chi connectivity index (χ1n) is 5.79. The van der Waals surface area contributed by atoms with Crippen LogP contribution in [0.5, 0.6) is 0 Å². The predicted molar refractivity (Wildman–Crippen MR) is 57.7 cm³/mol. The van der Waals surface area contributed by atoms with Crippen LogP contribution in [0.1, 0.15) is 39.0 Å². The van der Waals surface area contributed by atoms with Gasteiger partial charge in [-0.1, -0.05) is 32.6 Å². The van der Waals surface area contributed by atoms with E-state index in [1.54, 1.807) is 0 Å². The molecule has 0 aromatic carbocycles. The molecule has 2 heteroatoms. The highest BCUT2D eigenvalue weighted by Gasteiger charge is 2.23. The zero-order valence-electron chi connectivity index (χ0n) is 8.97. The van der Waals surface area contributed by atoms with Crippen LogP contribution in [0.3, 0.4) is 0 Å². The number of nitrogens with two attached hydrogens (primary N) is 1. The first-order valence-corrected chi connectivity index (χ1v) is 5.79. The van der Waals surface area contributed by atoms with Gasteiger partial charge in [0.15, 0.2) is 0 Å². The van der Waals surface area contributed by atoms with Gasteiger partial charge in [-0.05, 0) is 25.4 Å². The molecule has 0 spiro atoms. The molecule has 0 radical (unpaired) electrons. The normalized spacial score (nSPS) is 18.9. The minimum absolute atomic E-state index is 0.802. The van der Waals surface area contributed by atoms with E-state index in [0.29, 0.717) is 0 Å². The van der Waals surface area contributed by atoms with Crippen molar-refractivity contribution in [2.45, 2.75) is 39.0 Å². The van der Waals surface area contributed by atoms with Gasteiger partial charge in [0.25, 0.3) is 0 Å². The van der Waals surface area contributed by atoms with Crippen molar-refractivity contribution in [3.63, 3.8) is 0 Å². The molecule has 0 aromatic rings. The molecule has 2 N–H and O–H groups in total. The number of hydrogen-bond acceptors (Lipinski definition) is 2. The Morgan fingerprint density at radius 2 is 1.85 bits per heavy atom. The Labute approximate surface area is 82.5 Å². The summed E-state index contributed by atoms with van der Waals surface area (Å²) < 4.78 is 0. The first-order chi connectivity index (χ1) is 6.36. The highest BCUT2D eigenvalue weighted by atomic mass is 15.2. The molecule has 1 rings (SSSR count). The average molecular weight is 184 g/mol. The van der Waals surface area contributed by atoms with E-state index in [1.165, 1.54) is 51.7 Å². The van der Waals surface area contributed by atoms with Gasteiger partial charge in [-0.3, -0.25) is 0 Å². The van der Waals surface area contributed by atoms with Crippen LogP contribution in [0.2, 0.25) is 0 Å². The van der Waals surface area contributed by atoms with Gasteiger partial charge in [-0.25, -0.2) is 0 Å². The lowest BCUT2D eigenvalue weighted by atomic mass is 10.00. The Bertz CT molecular complexity index is 119. The van der Waals surface area contributed by atoms with E-state index in [2.05, 4.69) is 11.8 Å². The highest BCUT2D eigenvalue weighted by Crippen LogP contribution is 2.14. The largest absolute Gasteiger partial charge is 0.330 e. The molecule has 1 aliphatic heterocycles. The van der Waals surface area contributed by atoms with Gasteiger partial charge in [0.1, 0.15) is 0 Å². The fourth-order valence-electron chi connectivity index (χ4n) is 1.95. The molecule has 1 heterocycles. The highest BCUT2D eigenvalue weighted by molar-refractivity contribution is 4.79. The summed E-state index contributed by atoms with van der Waals surface area (Å²) in [5, 5.41) is 0. The van der Waals surface area contributed by atoms with Gasteiger partial charge in [-0.2, -0.15) is 0 Å². The van der Waals surface area contributed by atoms with Crippen molar-refractivity contribution in [1.29, 1.82) is 0 Å². The molecule has 0 aliphatic carbocycles. The van der Waals surface area contributed by atoms with Crippen molar-refractivity contribution >= 4 is 0 Å². The summed E-state index contributed by atoms with van der Waals surface area (Å²) in [6.45, 7) is 6.96. The number of likely N-dealkylation sites (tertiary alicyclic amines) is 1. The van der Waals surface area contributed by atoms with Crippen molar-refractivity contribution < 1.29 is 0 Å². The summed E-state index contributed by atoms with van der Waals surface area (Å²) in [4.78, 5) is 2.53. The lowest BCUT2D eigenvalue weighted by Gasteiger charge is -2.38. The van der Waals surface area contributed by atoms with Crippen LogP contribution in [0, 0.1) is 5.92 Å². The molecule has 0 amide bonds. The Kier molecular flexibility index (Phi) is 5.40. The Morgan fingerprint density at radius 1 is 1.15 bits per heavy atom. The lowest BCUT2D eigenvalue weighted by Crippen LogP contribution is -2.49. The third kappa shape index (κ3) is 4.10. The Hall–Kier alpha value is -0.0800. The molecule has 1 aliphatic rings. The molecule has 1 saturated heterocycles. The van der Waals surface area contributed by atoms with Gasteiger partial charge in [-0.15, -0.1) is 0 Å². The molecular formula is C11H24N2. The number of rotatable bonds is 7. The smallest absolute Gasteiger partial charge is 0.00341 e. The van der Waals surface area contributed by atoms with Crippen molar-refractivity contribution in [2.24, 2.45) is 11.7 Å². The molecule has 0 bridgehead atoms. The molecule has 0 unspecified atom stereocenters. The lowest BCUT2D eigenvalue weighted by molar-refractivity contribution is 0.104. The molecule has 0 aromatic heterocycles. The van der Waals surface area contributed by atoms with Crippen LogP contribution in [-0.4, -0.2) is 31.1 Å². The third-order valence-electron chi connectivity index (χ3n) is 2.94. The zero-order valence-corrected chi connectivity index (χ0v) is 8.97. The summed E-state index contributed by atoms with van der Waals surface area (Å²) in [5.74, 6) is 0.802. The number of nitrogens with zero attached hydrogens (tertiary/aromatic N) is 1. The van der Waals surface area contributed by atoms with Crippen molar-refractivity contribution in [2.75, 3.05) is 26.2 Å². The fraction of sp³-hybridized carbons (Fsp3) is 1.00. The molecule has 2 nitrogen and oxygen atoms in total. The Balaban J connectivity index is 1.80. The second kappa shape index (κ2) is 6.39. The maximum atomic E-state index is 5.56. The second-order valence-electron chi connectivity index (χ2n) is 4.28. The van der Waals surface area contributed by atoms with Crippen LogP contribution in [0.25, 0.3) is 0 Å². The third-order valence-corrected chi connectivity index (χ3v) is 2.94. The van der Waals surface area contributed by atoms with E-state index < -0.39 is 0 Å². The SMILES string of the molecule is CCCCCCCN1CC(CN)C1. The minimum atomic E-state index is 0.802. The monoisotopic (exact) mass is 184 g/mol. The van der Waals surface area contributed by atoms with Gasteiger partial charge in [0, 0.05) is 13.1 Å². The van der Waals surface area contributed by atoms with Crippen molar-refractivity contribution in [3.8, 4) is 0 Å². The van der Waals surface area contributed by atoms with Crippen molar-refractivity contribution in [3.05, 3.63) is 0 Å². The van der Waals surface area contributed by atoms with Crippen LogP contribution in [0.4, 0.5) is 0 Å². The van der Waals surface area contributed by atoms with Crippen LogP contribution < -0.4 is 5.73 Å². The minimum Gasteiger partial charge on any atom is -0.330 e. The summed E-state index contributed by atoms with van der Waals surface area (Å²) in [6, 6.07) is 0. The maximum Gasteiger partial charge on any atom is 0.00341 e. The van der Waals surface area contributed by atoms with E-state index in [9.17, 15) is 0 Å². The van der Waals surface area contributed by atoms with Crippen molar-refractivity contribution in [1.82, 2.24) is 4.90 Å². The van der Waals surface area contributed by atoms with Crippen LogP contribution in [0.15, 0.2) is 0 Å². The first kappa shape index (κ1) is 11.0. The van der Waals surface area contributed by atoms with Gasteiger partial charge < -0.3 is 10.6 Å². The summed E-state index contributed by atoms with van der Waals surface area (Å²) in [6.07, 6.45) is 6.98. The molecule has 0 atom stereocenters. The average Bonchev–Trinajstić information content (AvgIpc) is 2.08. The number of unbranched alkanes of at least 4 members (excludes halogenated alkanes) is 4. The molecule has 78 valence electrons. The van der Waals surface area contributed by atoms with Gasteiger partial charge >= 0.3 is 0 Å². The van der Waals surface area contributed by atoms with E-state index in [-0.39, 0.29) is 0 Å². The van der Waals surface area contributed by atoms with E-state index in [4.69, 9.17) is 5.73 Å². The van der Waals surface area contributed by atoms with Gasteiger partial charge in [0.05, 0.1) is 0 Å². The zero-order chi connectivity index (χ0) is 9.52. The van der Waals surface area contributed by atoms with Crippen LogP contribution >= 0.6 is 0 Å². The maximum absolute atomic E-state index is 5.56. The van der Waals surface area contributed by atoms with Crippen LogP contribution in [-0.2, 0) is 0 Å². The number of hydrogen-bond donors (Lipinski definition) is 1.